The molecule has 1 aliphatic heterocycles. The first kappa shape index (κ1) is 11.3. The molecule has 1 aromatic carbocycles. The van der Waals surface area contributed by atoms with Crippen LogP contribution in [0.5, 0.6) is 0 Å². The van der Waals surface area contributed by atoms with Crippen molar-refractivity contribution in [1.29, 1.82) is 0 Å². The van der Waals surface area contributed by atoms with Crippen LogP contribution in [0.25, 0.3) is 0 Å². The molecule has 2 N–H and O–H groups in total. The summed E-state index contributed by atoms with van der Waals surface area (Å²) >= 11 is 0. The number of carbonyl (C=O) groups is 2. The first-order valence-corrected chi connectivity index (χ1v) is 5.17. The molecule has 0 spiro atoms. The van der Waals surface area contributed by atoms with Gasteiger partial charge in [0.25, 0.3) is 0 Å². The summed E-state index contributed by atoms with van der Waals surface area (Å²) in [5.41, 5.74) is 1.52. The van der Waals surface area contributed by atoms with Crippen molar-refractivity contribution in [2.75, 3.05) is 18.1 Å². The summed E-state index contributed by atoms with van der Waals surface area (Å²) in [7, 11) is 0. The van der Waals surface area contributed by atoms with Crippen LogP contribution < -0.4 is 10.2 Å². The summed E-state index contributed by atoms with van der Waals surface area (Å²) < 4.78 is 4.84. The van der Waals surface area contributed by atoms with Crippen molar-refractivity contribution in [2.24, 2.45) is 0 Å². The maximum absolute atomic E-state index is 11.3. The highest BCUT2D eigenvalue weighted by Crippen LogP contribution is 2.19. The molecule has 6 nitrogen and oxygen atoms in total. The second kappa shape index (κ2) is 4.73. The van der Waals surface area contributed by atoms with Gasteiger partial charge in [-0.2, -0.15) is 0 Å². The van der Waals surface area contributed by atoms with Crippen LogP contribution in [0.2, 0.25) is 0 Å². The van der Waals surface area contributed by atoms with Gasteiger partial charge in [0, 0.05) is 12.2 Å². The van der Waals surface area contributed by atoms with E-state index < -0.39 is 6.09 Å². The third-order valence-corrected chi connectivity index (χ3v) is 2.43. The summed E-state index contributed by atoms with van der Waals surface area (Å²) in [6, 6.07) is 7.13. The molecule has 6 heteroatoms. The maximum Gasteiger partial charge on any atom is 0.414 e. The highest BCUT2D eigenvalue weighted by Gasteiger charge is 2.23. The number of hydrogen-bond acceptors (Lipinski definition) is 3. The van der Waals surface area contributed by atoms with Crippen LogP contribution in [0.1, 0.15) is 5.56 Å². The van der Waals surface area contributed by atoms with E-state index in [-0.39, 0.29) is 12.6 Å². The number of nitrogens with zero attached hydrogens (tertiary/aromatic N) is 1. The Hall–Kier alpha value is -2.24. The zero-order chi connectivity index (χ0) is 12.3. The first-order valence-electron chi connectivity index (χ1n) is 5.17. The molecule has 0 aromatic heterocycles. The number of nitrogens with one attached hydrogen (secondary N) is 1. The quantitative estimate of drug-likeness (QED) is 0.831. The van der Waals surface area contributed by atoms with Gasteiger partial charge in [0.2, 0.25) is 0 Å². The number of carbonyl (C=O) groups excluding carboxylic acids is 1. The Morgan fingerprint density at radius 3 is 3.00 bits per heavy atom. The van der Waals surface area contributed by atoms with E-state index in [9.17, 15) is 9.59 Å². The Labute approximate surface area is 97.8 Å². The van der Waals surface area contributed by atoms with E-state index in [0.29, 0.717) is 13.2 Å². The van der Waals surface area contributed by atoms with E-state index in [4.69, 9.17) is 9.84 Å². The second-order valence-electron chi connectivity index (χ2n) is 3.59. The molecule has 0 atom stereocenters. The van der Waals surface area contributed by atoms with Gasteiger partial charge in [-0.1, -0.05) is 12.1 Å². The van der Waals surface area contributed by atoms with Crippen LogP contribution in [0.3, 0.4) is 0 Å². The molecule has 1 aromatic rings. The van der Waals surface area contributed by atoms with E-state index in [1.54, 1.807) is 24.3 Å². The number of amides is 2. The van der Waals surface area contributed by atoms with Gasteiger partial charge >= 0.3 is 12.2 Å². The normalized spacial score (nSPS) is 14.6. The van der Waals surface area contributed by atoms with Crippen molar-refractivity contribution in [3.05, 3.63) is 29.8 Å². The van der Waals surface area contributed by atoms with Gasteiger partial charge in [-0.05, 0) is 17.7 Å². The smallest absolute Gasteiger partial charge is 0.414 e. The molecule has 1 aliphatic rings. The SMILES string of the molecule is O=C(O)NCc1cccc(N2CCOC2=O)c1. The van der Waals surface area contributed by atoms with Crippen molar-refractivity contribution in [3.8, 4) is 0 Å². The minimum atomic E-state index is -1.07. The molecule has 0 bridgehead atoms. The molecule has 1 fully saturated rings. The van der Waals surface area contributed by atoms with Crippen LogP contribution in [-0.2, 0) is 11.3 Å². The van der Waals surface area contributed by atoms with Crippen LogP contribution >= 0.6 is 0 Å². The molecule has 0 unspecified atom stereocenters. The van der Waals surface area contributed by atoms with Crippen LogP contribution in [-0.4, -0.2) is 30.4 Å². The third-order valence-electron chi connectivity index (χ3n) is 2.43. The van der Waals surface area contributed by atoms with Crippen molar-refractivity contribution in [2.45, 2.75) is 6.54 Å². The second-order valence-corrected chi connectivity index (χ2v) is 3.59. The van der Waals surface area contributed by atoms with Gasteiger partial charge in [-0.3, -0.25) is 4.90 Å². The molecule has 0 saturated carbocycles. The number of rotatable bonds is 3. The van der Waals surface area contributed by atoms with Crippen LogP contribution in [0, 0.1) is 0 Å². The van der Waals surface area contributed by atoms with E-state index in [1.165, 1.54) is 4.90 Å². The molecule has 1 heterocycles. The fourth-order valence-electron chi connectivity index (χ4n) is 1.64. The summed E-state index contributed by atoms with van der Waals surface area (Å²) in [6.07, 6.45) is -1.44. The number of ether oxygens (including phenoxy) is 1. The molecule has 1 saturated heterocycles. The van der Waals surface area contributed by atoms with Crippen molar-refractivity contribution >= 4 is 17.9 Å². The fraction of sp³-hybridized carbons (Fsp3) is 0.273. The lowest BCUT2D eigenvalue weighted by atomic mass is 10.2. The third kappa shape index (κ3) is 2.66. The zero-order valence-electron chi connectivity index (χ0n) is 9.05. The average Bonchev–Trinajstić information content (AvgIpc) is 2.73. The Morgan fingerprint density at radius 1 is 1.53 bits per heavy atom. The minimum absolute atomic E-state index is 0.214. The topological polar surface area (TPSA) is 78.9 Å². The summed E-state index contributed by atoms with van der Waals surface area (Å²) in [6.45, 7) is 1.12. The Morgan fingerprint density at radius 2 is 2.35 bits per heavy atom. The molecule has 2 amide bonds. The van der Waals surface area contributed by atoms with Crippen LogP contribution in [0.15, 0.2) is 24.3 Å². The molecular formula is C11H12N2O4. The summed E-state index contributed by atoms with van der Waals surface area (Å²) in [5.74, 6) is 0. The highest BCUT2D eigenvalue weighted by atomic mass is 16.6. The lowest BCUT2D eigenvalue weighted by Gasteiger charge is -2.13. The number of anilines is 1. The summed E-state index contributed by atoms with van der Waals surface area (Å²) in [5, 5.41) is 10.8. The van der Waals surface area contributed by atoms with E-state index in [0.717, 1.165) is 11.3 Å². The minimum Gasteiger partial charge on any atom is -0.465 e. The van der Waals surface area contributed by atoms with Crippen molar-refractivity contribution < 1.29 is 19.4 Å². The molecule has 0 radical (unpaired) electrons. The predicted molar refractivity (Wildman–Crippen MR) is 60.0 cm³/mol. The number of cyclic esters (lactones) is 1. The van der Waals surface area contributed by atoms with Gasteiger partial charge in [-0.15, -0.1) is 0 Å². The highest BCUT2D eigenvalue weighted by molar-refractivity contribution is 5.89. The van der Waals surface area contributed by atoms with E-state index in [1.807, 2.05) is 0 Å². The van der Waals surface area contributed by atoms with Crippen molar-refractivity contribution in [1.82, 2.24) is 5.32 Å². The van der Waals surface area contributed by atoms with E-state index in [2.05, 4.69) is 5.32 Å². The van der Waals surface area contributed by atoms with Gasteiger partial charge in [0.15, 0.2) is 0 Å². The molecule has 17 heavy (non-hydrogen) atoms. The maximum atomic E-state index is 11.3. The molecular weight excluding hydrogens is 224 g/mol. The monoisotopic (exact) mass is 236 g/mol. The lowest BCUT2D eigenvalue weighted by Crippen LogP contribution is -2.24. The Kier molecular flexibility index (Phi) is 3.13. The van der Waals surface area contributed by atoms with Gasteiger partial charge in [0.1, 0.15) is 6.61 Å². The zero-order valence-corrected chi connectivity index (χ0v) is 9.05. The predicted octanol–water partition coefficient (Wildman–Crippen LogP) is 1.41. The average molecular weight is 236 g/mol. The summed E-state index contributed by atoms with van der Waals surface area (Å²) in [4.78, 5) is 23.2. The van der Waals surface area contributed by atoms with Gasteiger partial charge < -0.3 is 15.2 Å². The number of carboxylic acid groups (broad SMARTS) is 1. The Bertz CT molecular complexity index is 447. The molecule has 2 rings (SSSR count). The number of benzene rings is 1. The molecule has 90 valence electrons. The Balaban J connectivity index is 2.10. The van der Waals surface area contributed by atoms with Crippen molar-refractivity contribution in [3.63, 3.8) is 0 Å². The van der Waals surface area contributed by atoms with Crippen LogP contribution in [0.4, 0.5) is 15.3 Å². The largest absolute Gasteiger partial charge is 0.465 e. The van der Waals surface area contributed by atoms with E-state index >= 15 is 0 Å². The fourth-order valence-corrected chi connectivity index (χ4v) is 1.64. The lowest BCUT2D eigenvalue weighted by molar-refractivity contribution is 0.181. The standard InChI is InChI=1S/C11H12N2O4/c14-10(15)12-7-8-2-1-3-9(6-8)13-4-5-17-11(13)16/h1-3,6,12H,4-5,7H2,(H,14,15). The molecule has 0 aliphatic carbocycles. The van der Waals surface area contributed by atoms with Gasteiger partial charge in [0.05, 0.1) is 6.54 Å². The first-order chi connectivity index (χ1) is 8.16. The van der Waals surface area contributed by atoms with Gasteiger partial charge in [-0.25, -0.2) is 9.59 Å². The number of hydrogen-bond donors (Lipinski definition) is 2.